The van der Waals surface area contributed by atoms with Crippen LogP contribution in [0.2, 0.25) is 0 Å². The number of allylic oxidation sites excluding steroid dienone is 1. The van der Waals surface area contributed by atoms with Crippen LogP contribution in [-0.4, -0.2) is 30.8 Å². The van der Waals surface area contributed by atoms with Crippen molar-refractivity contribution >= 4 is 35.3 Å². The molecule has 0 bridgehead atoms. The van der Waals surface area contributed by atoms with E-state index in [0.717, 1.165) is 0 Å². The summed E-state index contributed by atoms with van der Waals surface area (Å²) >= 11 is 0. The molecular weight excluding hydrogens is 474 g/mol. The Morgan fingerprint density at radius 2 is 0.763 bits per heavy atom. The van der Waals surface area contributed by atoms with Gasteiger partial charge in [-0.1, -0.05) is 155 Å². The third-order valence-corrected chi connectivity index (χ3v) is 13.0. The predicted octanol–water partition coefficient (Wildman–Crippen LogP) is 7.48. The van der Waals surface area contributed by atoms with Gasteiger partial charge >= 0.3 is 0 Å². The Morgan fingerprint density at radius 3 is 0.974 bits per heavy atom. The van der Waals surface area contributed by atoms with Crippen molar-refractivity contribution in [2.75, 3.05) is 24.6 Å². The smallest absolute Gasteiger partial charge is 0.108 e. The summed E-state index contributed by atoms with van der Waals surface area (Å²) in [6.45, 7) is 10.9. The Labute approximate surface area is 233 Å². The molecule has 0 amide bonds. The fourth-order valence-corrected chi connectivity index (χ4v) is 11.0. The molecule has 198 valence electrons. The molecular formula is C36H46BP. The molecule has 4 aromatic rings. The maximum Gasteiger partial charge on any atom is 0.108 e. The Morgan fingerprint density at radius 1 is 0.500 bits per heavy atom. The minimum Gasteiger partial charge on any atom is -0.195 e. The zero-order valence-corrected chi connectivity index (χ0v) is 24.7. The van der Waals surface area contributed by atoms with E-state index in [1.807, 2.05) is 0 Å². The van der Waals surface area contributed by atoms with E-state index in [-0.39, 0.29) is 0 Å². The van der Waals surface area contributed by atoms with Gasteiger partial charge in [0.05, 0.1) is 24.6 Å². The molecule has 0 N–H and O–H groups in total. The zero-order chi connectivity index (χ0) is 27.1. The molecule has 4 aromatic carbocycles. The number of rotatable bonds is 12. The second kappa shape index (κ2) is 15.5. The van der Waals surface area contributed by atoms with Crippen LogP contribution in [0.25, 0.3) is 0 Å². The second-order valence-electron chi connectivity index (χ2n) is 10.5. The normalized spacial score (nSPS) is 11.3. The number of benzene rings is 4. The summed E-state index contributed by atoms with van der Waals surface area (Å²) in [4.78, 5) is 0. The summed E-state index contributed by atoms with van der Waals surface area (Å²) in [7, 11) is -0.614. The van der Waals surface area contributed by atoms with Gasteiger partial charge in [-0.3, -0.25) is 0 Å². The van der Waals surface area contributed by atoms with E-state index in [1.54, 1.807) is 0 Å². The highest BCUT2D eigenvalue weighted by Crippen LogP contribution is 2.60. The van der Waals surface area contributed by atoms with Gasteiger partial charge in [0.2, 0.25) is 0 Å². The van der Waals surface area contributed by atoms with Gasteiger partial charge in [0.1, 0.15) is 6.15 Å². The van der Waals surface area contributed by atoms with Gasteiger partial charge in [-0.2, -0.15) is 21.9 Å². The fourth-order valence-electron chi connectivity index (χ4n) is 6.43. The van der Waals surface area contributed by atoms with Gasteiger partial charge in [-0.05, 0) is 19.3 Å². The van der Waals surface area contributed by atoms with Crippen molar-refractivity contribution in [3.8, 4) is 0 Å². The van der Waals surface area contributed by atoms with Crippen LogP contribution in [0.3, 0.4) is 0 Å². The summed E-state index contributed by atoms with van der Waals surface area (Å²) in [6, 6.07) is 43.5. The molecule has 0 spiro atoms. The Kier molecular flexibility index (Phi) is 12.1. The quantitative estimate of drug-likeness (QED) is 0.103. The van der Waals surface area contributed by atoms with E-state index in [2.05, 4.69) is 155 Å². The van der Waals surface area contributed by atoms with Crippen LogP contribution < -0.4 is 21.9 Å². The highest BCUT2D eigenvalue weighted by atomic mass is 31.2. The standard InChI is InChI=1S/C24H20B.C12H26P/c1-5-13-21(14-6-1)25(22-15-7-2-8-16-22,23-17-9-3-10-18-23)24-19-11-4-12-20-24;1-5-9-13(10-6-2,11-7-3)12-8-4/h1-20H;5H,1,6-12H2,2-4H3/q-1;+1. The van der Waals surface area contributed by atoms with Crippen molar-refractivity contribution in [1.29, 1.82) is 0 Å². The minimum absolute atomic E-state index is 0.614. The highest BCUT2D eigenvalue weighted by molar-refractivity contribution is 7.76. The minimum atomic E-state index is -1.22. The third-order valence-electron chi connectivity index (χ3n) is 7.81. The van der Waals surface area contributed by atoms with Gasteiger partial charge in [0, 0.05) is 7.26 Å². The SMILES string of the molecule is C=CC[P+](CCC)(CCC)CCC.c1ccc([B-](c2ccccc2)(c2ccccc2)c2ccccc2)cc1. The summed E-state index contributed by atoms with van der Waals surface area (Å²) in [6.07, 6.45) is 10.8. The molecule has 0 unspecified atom stereocenters. The van der Waals surface area contributed by atoms with Crippen LogP contribution >= 0.6 is 7.26 Å². The molecule has 0 saturated heterocycles. The van der Waals surface area contributed by atoms with Crippen molar-refractivity contribution in [3.05, 3.63) is 134 Å². The lowest BCUT2D eigenvalue weighted by atomic mass is 9.13. The highest BCUT2D eigenvalue weighted by Gasteiger charge is 2.33. The second-order valence-corrected chi connectivity index (χ2v) is 14.9. The van der Waals surface area contributed by atoms with Crippen molar-refractivity contribution in [2.24, 2.45) is 0 Å². The molecule has 0 nitrogen and oxygen atoms in total. The Bertz CT molecular complexity index is 993. The topological polar surface area (TPSA) is 0 Å². The summed E-state index contributed by atoms with van der Waals surface area (Å²) in [5, 5.41) is 0. The summed E-state index contributed by atoms with van der Waals surface area (Å²) in [5.74, 6) is 0. The van der Waals surface area contributed by atoms with Crippen molar-refractivity contribution < 1.29 is 0 Å². The molecule has 4 rings (SSSR count). The first-order chi connectivity index (χ1) is 18.7. The van der Waals surface area contributed by atoms with Crippen LogP contribution in [0.1, 0.15) is 40.0 Å². The first-order valence-electron chi connectivity index (χ1n) is 14.5. The number of hydrogen-bond acceptors (Lipinski definition) is 0. The predicted molar refractivity (Wildman–Crippen MR) is 178 cm³/mol. The van der Waals surface area contributed by atoms with Crippen LogP contribution in [0.15, 0.2) is 134 Å². The lowest BCUT2D eigenvalue weighted by molar-refractivity contribution is 0.994. The molecule has 0 aliphatic carbocycles. The van der Waals surface area contributed by atoms with Gasteiger partial charge in [-0.25, -0.2) is 0 Å². The first-order valence-corrected chi connectivity index (χ1v) is 17.0. The maximum absolute atomic E-state index is 3.92. The van der Waals surface area contributed by atoms with Crippen molar-refractivity contribution in [2.45, 2.75) is 40.0 Å². The van der Waals surface area contributed by atoms with Gasteiger partial charge < -0.3 is 0 Å². The molecule has 0 saturated carbocycles. The van der Waals surface area contributed by atoms with Crippen LogP contribution in [-0.2, 0) is 0 Å². The van der Waals surface area contributed by atoms with E-state index < -0.39 is 13.4 Å². The molecule has 38 heavy (non-hydrogen) atoms. The molecule has 0 atom stereocenters. The van der Waals surface area contributed by atoms with Crippen molar-refractivity contribution in [3.63, 3.8) is 0 Å². The van der Waals surface area contributed by atoms with E-state index in [9.17, 15) is 0 Å². The molecule has 0 aliphatic heterocycles. The van der Waals surface area contributed by atoms with E-state index in [4.69, 9.17) is 0 Å². The van der Waals surface area contributed by atoms with E-state index in [1.165, 1.54) is 65.8 Å². The summed E-state index contributed by atoms with van der Waals surface area (Å²) in [5.41, 5.74) is 5.36. The molecule has 0 aromatic heterocycles. The van der Waals surface area contributed by atoms with Crippen LogP contribution in [0.4, 0.5) is 0 Å². The van der Waals surface area contributed by atoms with Gasteiger partial charge in [0.25, 0.3) is 0 Å². The maximum atomic E-state index is 3.92. The largest absolute Gasteiger partial charge is 0.195 e. The lowest BCUT2D eigenvalue weighted by Gasteiger charge is -2.44. The first kappa shape index (κ1) is 29.7. The molecule has 0 heterocycles. The fraction of sp³-hybridized carbons (Fsp3) is 0.278. The zero-order valence-electron chi connectivity index (χ0n) is 23.8. The molecule has 0 radical (unpaired) electrons. The molecule has 0 fully saturated rings. The van der Waals surface area contributed by atoms with E-state index in [0.29, 0.717) is 0 Å². The summed E-state index contributed by atoms with van der Waals surface area (Å²) < 4.78 is 0. The lowest BCUT2D eigenvalue weighted by Crippen LogP contribution is -2.74. The average molecular weight is 521 g/mol. The number of hydrogen-bond donors (Lipinski definition) is 0. The van der Waals surface area contributed by atoms with Crippen LogP contribution in [0, 0.1) is 0 Å². The van der Waals surface area contributed by atoms with Gasteiger partial charge in [-0.15, -0.1) is 0 Å². The van der Waals surface area contributed by atoms with E-state index >= 15 is 0 Å². The third kappa shape index (κ3) is 7.15. The molecule has 0 aliphatic rings. The Hall–Kier alpha value is -2.89. The van der Waals surface area contributed by atoms with Crippen molar-refractivity contribution in [1.82, 2.24) is 0 Å². The van der Waals surface area contributed by atoms with Crippen LogP contribution in [0.5, 0.6) is 0 Å². The van der Waals surface area contributed by atoms with Gasteiger partial charge in [0.15, 0.2) is 0 Å². The monoisotopic (exact) mass is 520 g/mol. The average Bonchev–Trinajstić information content (AvgIpc) is 2.97. The molecule has 2 heteroatoms. The Balaban J connectivity index is 0.000000263.